The number of aliphatic imine (C=N–C) groups is 1. The first-order valence-electron chi connectivity index (χ1n) is 10.3. The van der Waals surface area contributed by atoms with Gasteiger partial charge in [0.2, 0.25) is 0 Å². The lowest BCUT2D eigenvalue weighted by molar-refractivity contribution is 0.297. The number of aryl methyl sites for hydroxylation is 2. The molecule has 28 heavy (non-hydrogen) atoms. The Balaban J connectivity index is 1.51. The highest BCUT2D eigenvalue weighted by Crippen LogP contribution is 2.30. The maximum atomic E-state index is 5.99. The first kappa shape index (κ1) is 20.2. The summed E-state index contributed by atoms with van der Waals surface area (Å²) in [6.45, 7) is 9.13. The quantitative estimate of drug-likeness (QED) is 0.371. The molecule has 1 heterocycles. The lowest BCUT2D eigenvalue weighted by atomic mass is 10.1. The molecule has 0 atom stereocenters. The monoisotopic (exact) mass is 384 g/mol. The van der Waals surface area contributed by atoms with E-state index in [0.717, 1.165) is 67.2 Å². The van der Waals surface area contributed by atoms with Gasteiger partial charge in [-0.15, -0.1) is 0 Å². The number of guanidine groups is 1. The van der Waals surface area contributed by atoms with Crippen molar-refractivity contribution in [1.29, 1.82) is 0 Å². The van der Waals surface area contributed by atoms with Crippen LogP contribution in [0.2, 0.25) is 0 Å². The number of nitrogens with zero attached hydrogens (tertiary/aromatic N) is 2. The second-order valence-corrected chi connectivity index (χ2v) is 7.39. The van der Waals surface area contributed by atoms with Gasteiger partial charge in [-0.3, -0.25) is 0 Å². The number of para-hydroxylation sites is 1. The maximum absolute atomic E-state index is 5.99. The normalized spacial score (nSPS) is 14.2. The molecule has 2 aromatic rings. The number of nitrogens with one attached hydrogen (secondary N) is 2. The molecule has 152 valence electrons. The molecule has 1 aliphatic carbocycles. The van der Waals surface area contributed by atoms with E-state index in [1.807, 2.05) is 32.0 Å². The maximum Gasteiger partial charge on any atom is 0.191 e. The molecule has 0 bridgehead atoms. The number of ether oxygens (including phenoxy) is 1. The minimum absolute atomic E-state index is 0.597. The Kier molecular flexibility index (Phi) is 7.34. The Morgan fingerprint density at radius 1 is 1.25 bits per heavy atom. The van der Waals surface area contributed by atoms with E-state index >= 15 is 0 Å². The average Bonchev–Trinajstić information content (AvgIpc) is 3.48. The molecular formula is C22H32N4O2. The Morgan fingerprint density at radius 2 is 2.07 bits per heavy atom. The van der Waals surface area contributed by atoms with Gasteiger partial charge in [0.15, 0.2) is 5.96 Å². The van der Waals surface area contributed by atoms with E-state index < -0.39 is 0 Å². The minimum atomic E-state index is 0.597. The van der Waals surface area contributed by atoms with Crippen LogP contribution >= 0.6 is 0 Å². The fraction of sp³-hybridized carbons (Fsp3) is 0.545. The predicted octanol–water partition coefficient (Wildman–Crippen LogP) is 3.77. The van der Waals surface area contributed by atoms with Gasteiger partial charge in [0, 0.05) is 24.2 Å². The molecule has 1 saturated carbocycles. The van der Waals surface area contributed by atoms with Crippen LogP contribution in [0.15, 0.2) is 33.8 Å². The van der Waals surface area contributed by atoms with Crippen LogP contribution in [0.5, 0.6) is 5.75 Å². The third-order valence-electron chi connectivity index (χ3n) is 4.97. The average molecular weight is 385 g/mol. The molecule has 0 aliphatic heterocycles. The highest BCUT2D eigenvalue weighted by atomic mass is 16.5. The fourth-order valence-electron chi connectivity index (χ4n) is 3.10. The molecule has 1 aliphatic rings. The van der Waals surface area contributed by atoms with Crippen LogP contribution in [0.1, 0.15) is 48.8 Å². The summed E-state index contributed by atoms with van der Waals surface area (Å²) in [5, 5.41) is 10.8. The third-order valence-corrected chi connectivity index (χ3v) is 4.97. The molecule has 0 spiro atoms. The van der Waals surface area contributed by atoms with Gasteiger partial charge in [-0.2, -0.15) is 0 Å². The molecular weight excluding hydrogens is 352 g/mol. The standard InChI is InChI=1S/C22H32N4O2/c1-4-23-22(24-13-7-9-20-16(2)26-28-17(20)3)25-14-19-8-5-6-10-21(19)27-15-18-11-12-18/h5-6,8,10,18H,4,7,9,11-15H2,1-3H3,(H2,23,24,25). The van der Waals surface area contributed by atoms with Gasteiger partial charge in [0.05, 0.1) is 18.8 Å². The molecule has 1 aromatic heterocycles. The summed E-state index contributed by atoms with van der Waals surface area (Å²) in [7, 11) is 0. The van der Waals surface area contributed by atoms with Crippen molar-refractivity contribution in [2.45, 2.75) is 53.0 Å². The molecule has 3 rings (SSSR count). The van der Waals surface area contributed by atoms with E-state index in [1.165, 1.54) is 18.4 Å². The van der Waals surface area contributed by atoms with Gasteiger partial charge < -0.3 is 19.9 Å². The summed E-state index contributed by atoms with van der Waals surface area (Å²) in [4.78, 5) is 4.74. The van der Waals surface area contributed by atoms with Crippen molar-refractivity contribution >= 4 is 5.96 Å². The minimum Gasteiger partial charge on any atom is -0.493 e. The smallest absolute Gasteiger partial charge is 0.191 e. The van der Waals surface area contributed by atoms with Crippen LogP contribution in [0.25, 0.3) is 0 Å². The van der Waals surface area contributed by atoms with Gasteiger partial charge in [0.1, 0.15) is 11.5 Å². The van der Waals surface area contributed by atoms with E-state index in [-0.39, 0.29) is 0 Å². The highest BCUT2D eigenvalue weighted by molar-refractivity contribution is 5.79. The third kappa shape index (κ3) is 6.01. The zero-order chi connectivity index (χ0) is 19.8. The largest absolute Gasteiger partial charge is 0.493 e. The van der Waals surface area contributed by atoms with Crippen molar-refractivity contribution in [3.05, 3.63) is 46.8 Å². The van der Waals surface area contributed by atoms with Gasteiger partial charge in [-0.05, 0) is 58.4 Å². The van der Waals surface area contributed by atoms with E-state index in [0.29, 0.717) is 6.54 Å². The van der Waals surface area contributed by atoms with Crippen LogP contribution in [0, 0.1) is 19.8 Å². The molecule has 2 N–H and O–H groups in total. The second kappa shape index (κ2) is 10.2. The summed E-state index contributed by atoms with van der Waals surface area (Å²) >= 11 is 0. The Bertz CT molecular complexity index is 761. The summed E-state index contributed by atoms with van der Waals surface area (Å²) < 4.78 is 11.2. The predicted molar refractivity (Wildman–Crippen MR) is 112 cm³/mol. The first-order valence-corrected chi connectivity index (χ1v) is 10.3. The van der Waals surface area contributed by atoms with E-state index in [1.54, 1.807) is 0 Å². The lowest BCUT2D eigenvalue weighted by Gasteiger charge is -2.13. The molecule has 1 fully saturated rings. The molecule has 0 amide bonds. The number of hydrogen-bond acceptors (Lipinski definition) is 4. The van der Waals surface area contributed by atoms with Gasteiger partial charge in [-0.1, -0.05) is 23.4 Å². The van der Waals surface area contributed by atoms with Crippen molar-refractivity contribution < 1.29 is 9.26 Å². The zero-order valence-electron chi connectivity index (χ0n) is 17.3. The van der Waals surface area contributed by atoms with Crippen LogP contribution in [-0.4, -0.2) is 30.8 Å². The van der Waals surface area contributed by atoms with Crippen LogP contribution in [0.3, 0.4) is 0 Å². The van der Waals surface area contributed by atoms with E-state index in [9.17, 15) is 0 Å². The van der Waals surface area contributed by atoms with Crippen molar-refractivity contribution in [3.63, 3.8) is 0 Å². The van der Waals surface area contributed by atoms with Crippen molar-refractivity contribution in [2.75, 3.05) is 19.7 Å². The van der Waals surface area contributed by atoms with Gasteiger partial charge >= 0.3 is 0 Å². The van der Waals surface area contributed by atoms with Crippen LogP contribution < -0.4 is 15.4 Å². The molecule has 1 aromatic carbocycles. The first-order chi connectivity index (χ1) is 13.7. The number of benzene rings is 1. The Hall–Kier alpha value is -2.50. The molecule has 6 nitrogen and oxygen atoms in total. The Labute approximate surface area is 167 Å². The summed E-state index contributed by atoms with van der Waals surface area (Å²) in [6, 6.07) is 8.19. The van der Waals surface area contributed by atoms with Crippen molar-refractivity contribution in [1.82, 2.24) is 15.8 Å². The van der Waals surface area contributed by atoms with Gasteiger partial charge in [-0.25, -0.2) is 4.99 Å². The van der Waals surface area contributed by atoms with Crippen molar-refractivity contribution in [3.8, 4) is 5.75 Å². The molecule has 0 unspecified atom stereocenters. The lowest BCUT2D eigenvalue weighted by Crippen LogP contribution is -2.37. The van der Waals surface area contributed by atoms with Crippen LogP contribution in [-0.2, 0) is 13.0 Å². The highest BCUT2D eigenvalue weighted by Gasteiger charge is 2.22. The Morgan fingerprint density at radius 3 is 2.79 bits per heavy atom. The SMILES string of the molecule is CCNC(=NCc1ccccc1OCC1CC1)NCCCc1c(C)noc1C. The summed E-state index contributed by atoms with van der Waals surface area (Å²) in [5.41, 5.74) is 3.32. The fourth-order valence-corrected chi connectivity index (χ4v) is 3.10. The topological polar surface area (TPSA) is 71.7 Å². The summed E-state index contributed by atoms with van der Waals surface area (Å²) in [6.07, 6.45) is 4.53. The second-order valence-electron chi connectivity index (χ2n) is 7.39. The number of rotatable bonds is 10. The van der Waals surface area contributed by atoms with Gasteiger partial charge in [0.25, 0.3) is 0 Å². The molecule has 6 heteroatoms. The molecule has 0 saturated heterocycles. The van der Waals surface area contributed by atoms with Crippen LogP contribution in [0.4, 0.5) is 0 Å². The summed E-state index contributed by atoms with van der Waals surface area (Å²) in [5.74, 6) is 3.44. The zero-order valence-corrected chi connectivity index (χ0v) is 17.3. The van der Waals surface area contributed by atoms with Crippen molar-refractivity contribution in [2.24, 2.45) is 10.9 Å². The number of aromatic nitrogens is 1. The van der Waals surface area contributed by atoms with E-state index in [4.69, 9.17) is 14.3 Å². The van der Waals surface area contributed by atoms with E-state index in [2.05, 4.69) is 28.8 Å². The molecule has 0 radical (unpaired) electrons. The number of hydrogen-bond donors (Lipinski definition) is 2.